The highest BCUT2D eigenvalue weighted by Crippen LogP contribution is 2.37. The van der Waals surface area contributed by atoms with Gasteiger partial charge in [0.05, 0.1) is 10.4 Å². The molecule has 0 N–H and O–H groups in total. The number of hydrogen-bond acceptors (Lipinski definition) is 5. The first kappa shape index (κ1) is 19.0. The highest BCUT2D eigenvalue weighted by atomic mass is 32.1. The van der Waals surface area contributed by atoms with Crippen LogP contribution in [0, 0.1) is 12.8 Å². The molecular formula is C22H25N3O2S. The zero-order valence-electron chi connectivity index (χ0n) is 16.6. The van der Waals surface area contributed by atoms with Crippen molar-refractivity contribution in [1.29, 1.82) is 0 Å². The summed E-state index contributed by atoms with van der Waals surface area (Å²) in [6.45, 7) is 3.71. The number of amides is 1. The van der Waals surface area contributed by atoms with Crippen molar-refractivity contribution >= 4 is 27.3 Å². The fraction of sp³-hybridized carbons (Fsp3) is 0.409. The third kappa shape index (κ3) is 3.80. The number of ether oxygens (including phenoxy) is 1. The molecule has 0 aliphatic carbocycles. The number of hydrogen-bond donors (Lipinski definition) is 0. The third-order valence-electron chi connectivity index (χ3n) is 5.21. The van der Waals surface area contributed by atoms with Crippen molar-refractivity contribution in [3.8, 4) is 10.4 Å². The first-order chi connectivity index (χ1) is 13.5. The van der Waals surface area contributed by atoms with Crippen molar-refractivity contribution in [3.05, 3.63) is 47.3 Å². The molecule has 146 valence electrons. The van der Waals surface area contributed by atoms with Crippen molar-refractivity contribution in [3.63, 3.8) is 0 Å². The maximum atomic E-state index is 12.7. The lowest BCUT2D eigenvalue weighted by atomic mass is 9.95. The predicted molar refractivity (Wildman–Crippen MR) is 113 cm³/mol. The summed E-state index contributed by atoms with van der Waals surface area (Å²) in [5, 5.41) is 9.87. The molecule has 1 amide bonds. The second kappa shape index (κ2) is 7.97. The summed E-state index contributed by atoms with van der Waals surface area (Å²) in [6.07, 6.45) is 3.08. The molecule has 1 saturated heterocycles. The molecule has 6 heteroatoms. The van der Waals surface area contributed by atoms with E-state index in [2.05, 4.69) is 47.5 Å². The van der Waals surface area contributed by atoms with E-state index in [0.717, 1.165) is 58.7 Å². The molecule has 3 heterocycles. The SMILES string of the molecule is Cc1ccc(-c2cc3c(CC4CCCOC4)nnc(C(=O)N(C)C)c3s2)cc1. The number of carbonyl (C=O) groups is 1. The van der Waals surface area contributed by atoms with Crippen LogP contribution in [0.1, 0.15) is 34.6 Å². The Hall–Kier alpha value is -2.31. The number of benzene rings is 1. The minimum absolute atomic E-state index is 0.109. The molecule has 5 nitrogen and oxygen atoms in total. The van der Waals surface area contributed by atoms with Gasteiger partial charge < -0.3 is 9.64 Å². The first-order valence-corrected chi connectivity index (χ1v) is 10.5. The molecule has 0 radical (unpaired) electrons. The van der Waals surface area contributed by atoms with Crippen LogP contribution in [0.4, 0.5) is 0 Å². The molecule has 28 heavy (non-hydrogen) atoms. The van der Waals surface area contributed by atoms with Gasteiger partial charge in [0.25, 0.3) is 5.91 Å². The molecule has 1 fully saturated rings. The van der Waals surface area contributed by atoms with Gasteiger partial charge in [0.2, 0.25) is 0 Å². The quantitative estimate of drug-likeness (QED) is 0.659. The van der Waals surface area contributed by atoms with Crippen molar-refractivity contribution in [1.82, 2.24) is 15.1 Å². The molecule has 1 aromatic carbocycles. The van der Waals surface area contributed by atoms with Gasteiger partial charge in [-0.2, -0.15) is 5.10 Å². The Morgan fingerprint density at radius 1 is 1.25 bits per heavy atom. The molecule has 1 atom stereocenters. The molecule has 1 unspecified atom stereocenters. The van der Waals surface area contributed by atoms with E-state index < -0.39 is 0 Å². The first-order valence-electron chi connectivity index (χ1n) is 9.68. The van der Waals surface area contributed by atoms with Crippen molar-refractivity contribution in [2.24, 2.45) is 5.92 Å². The minimum Gasteiger partial charge on any atom is -0.381 e. The summed E-state index contributed by atoms with van der Waals surface area (Å²) >= 11 is 1.62. The van der Waals surface area contributed by atoms with E-state index in [0.29, 0.717) is 11.6 Å². The standard InChI is InChI=1S/C22H25N3O2S/c1-14-6-8-16(9-7-14)19-12-17-18(11-15-5-4-10-27-13-15)23-24-20(21(17)28-19)22(26)25(2)3/h6-9,12,15H,4-5,10-11,13H2,1-3H3. The van der Waals surface area contributed by atoms with Crippen LogP contribution in [-0.4, -0.2) is 48.3 Å². The van der Waals surface area contributed by atoms with E-state index >= 15 is 0 Å². The summed E-state index contributed by atoms with van der Waals surface area (Å²) < 4.78 is 6.57. The van der Waals surface area contributed by atoms with Gasteiger partial charge in [0.1, 0.15) is 0 Å². The topological polar surface area (TPSA) is 55.3 Å². The van der Waals surface area contributed by atoms with Crippen LogP contribution in [0.25, 0.3) is 20.5 Å². The molecule has 0 saturated carbocycles. The number of carbonyl (C=O) groups excluding carboxylic acids is 1. The van der Waals surface area contributed by atoms with Crippen molar-refractivity contribution in [2.75, 3.05) is 27.3 Å². The third-order valence-corrected chi connectivity index (χ3v) is 6.40. The molecule has 2 aromatic heterocycles. The van der Waals surface area contributed by atoms with Gasteiger partial charge in [0, 0.05) is 37.6 Å². The largest absolute Gasteiger partial charge is 0.381 e. The summed E-state index contributed by atoms with van der Waals surface area (Å²) in [5.41, 5.74) is 3.79. The van der Waals surface area contributed by atoms with E-state index in [4.69, 9.17) is 4.74 Å². The predicted octanol–water partition coefficient (Wildman–Crippen LogP) is 4.34. The van der Waals surface area contributed by atoms with Crippen LogP contribution >= 0.6 is 11.3 Å². The number of rotatable bonds is 4. The van der Waals surface area contributed by atoms with Gasteiger partial charge in [-0.15, -0.1) is 16.4 Å². The molecule has 1 aliphatic heterocycles. The lowest BCUT2D eigenvalue weighted by Crippen LogP contribution is -2.24. The summed E-state index contributed by atoms with van der Waals surface area (Å²) in [7, 11) is 3.50. The van der Waals surface area contributed by atoms with Crippen LogP contribution in [0.3, 0.4) is 0 Å². The Labute approximate surface area is 169 Å². The van der Waals surface area contributed by atoms with Crippen LogP contribution in [0.15, 0.2) is 30.3 Å². The smallest absolute Gasteiger partial charge is 0.275 e. The van der Waals surface area contributed by atoms with Crippen LogP contribution < -0.4 is 0 Å². The molecule has 0 bridgehead atoms. The fourth-order valence-corrected chi connectivity index (χ4v) is 4.76. The number of thiophene rings is 1. The van der Waals surface area contributed by atoms with Gasteiger partial charge in [-0.25, -0.2) is 0 Å². The van der Waals surface area contributed by atoms with E-state index in [1.54, 1.807) is 30.3 Å². The highest BCUT2D eigenvalue weighted by Gasteiger charge is 2.23. The van der Waals surface area contributed by atoms with Gasteiger partial charge in [0.15, 0.2) is 5.69 Å². The number of aromatic nitrogens is 2. The Kier molecular flexibility index (Phi) is 5.42. The molecule has 3 aromatic rings. The number of nitrogens with zero attached hydrogens (tertiary/aromatic N) is 3. The van der Waals surface area contributed by atoms with Crippen LogP contribution in [0.2, 0.25) is 0 Å². The maximum Gasteiger partial charge on any atom is 0.275 e. The van der Waals surface area contributed by atoms with Gasteiger partial charge in [-0.3, -0.25) is 4.79 Å². The minimum atomic E-state index is -0.109. The molecule has 1 aliphatic rings. The Morgan fingerprint density at radius 3 is 2.71 bits per heavy atom. The van der Waals surface area contributed by atoms with Crippen LogP contribution in [0.5, 0.6) is 0 Å². The van der Waals surface area contributed by atoms with E-state index in [1.165, 1.54) is 5.56 Å². The molecule has 0 spiro atoms. The van der Waals surface area contributed by atoms with Gasteiger partial charge in [-0.05, 0) is 43.7 Å². The van der Waals surface area contributed by atoms with E-state index in [-0.39, 0.29) is 5.91 Å². The van der Waals surface area contributed by atoms with Crippen molar-refractivity contribution < 1.29 is 9.53 Å². The Bertz CT molecular complexity index is 989. The lowest BCUT2D eigenvalue weighted by molar-refractivity contribution is 0.0547. The number of fused-ring (bicyclic) bond motifs is 1. The summed E-state index contributed by atoms with van der Waals surface area (Å²) in [6, 6.07) is 10.7. The molecule has 4 rings (SSSR count). The second-order valence-corrected chi connectivity index (χ2v) is 8.75. The monoisotopic (exact) mass is 395 g/mol. The van der Waals surface area contributed by atoms with Gasteiger partial charge in [-0.1, -0.05) is 29.8 Å². The van der Waals surface area contributed by atoms with Gasteiger partial charge >= 0.3 is 0 Å². The summed E-state index contributed by atoms with van der Waals surface area (Å²) in [4.78, 5) is 15.4. The van der Waals surface area contributed by atoms with Crippen molar-refractivity contribution in [2.45, 2.75) is 26.2 Å². The lowest BCUT2D eigenvalue weighted by Gasteiger charge is -2.21. The van der Waals surface area contributed by atoms with E-state index in [1.807, 2.05) is 0 Å². The maximum absolute atomic E-state index is 12.7. The average molecular weight is 396 g/mol. The number of aryl methyl sites for hydroxylation is 1. The zero-order chi connectivity index (χ0) is 19.7. The van der Waals surface area contributed by atoms with E-state index in [9.17, 15) is 4.79 Å². The summed E-state index contributed by atoms with van der Waals surface area (Å²) in [5.74, 6) is 0.353. The van der Waals surface area contributed by atoms with Crippen LogP contribution in [-0.2, 0) is 11.2 Å². The Morgan fingerprint density at radius 2 is 2.04 bits per heavy atom. The Balaban J connectivity index is 1.80. The molecular weight excluding hydrogens is 370 g/mol. The average Bonchev–Trinajstić information content (AvgIpc) is 3.15. The second-order valence-electron chi connectivity index (χ2n) is 7.70. The zero-order valence-corrected chi connectivity index (χ0v) is 17.4. The fourth-order valence-electron chi connectivity index (χ4n) is 3.60. The normalized spacial score (nSPS) is 17.0. The highest BCUT2D eigenvalue weighted by molar-refractivity contribution is 7.22.